The van der Waals surface area contributed by atoms with Crippen molar-refractivity contribution in [2.24, 2.45) is 0 Å². The van der Waals surface area contributed by atoms with Crippen molar-refractivity contribution < 1.29 is 18.3 Å². The molecule has 0 aliphatic carbocycles. The van der Waals surface area contributed by atoms with Crippen LogP contribution in [0.15, 0.2) is 53.9 Å². The van der Waals surface area contributed by atoms with Gasteiger partial charge in [-0.2, -0.15) is 0 Å². The van der Waals surface area contributed by atoms with Crippen LogP contribution in [0.3, 0.4) is 0 Å². The summed E-state index contributed by atoms with van der Waals surface area (Å²) in [6.07, 6.45) is 1.54. The first kappa shape index (κ1) is 17.9. The van der Waals surface area contributed by atoms with Crippen LogP contribution < -0.4 is 10.1 Å². The number of benzene rings is 2. The Kier molecular flexibility index (Phi) is 5.47. The van der Waals surface area contributed by atoms with Gasteiger partial charge in [0.2, 0.25) is 5.91 Å². The standard InChI is InChI=1S/C17H14F2N4O2S/c1-25-13-5-3-12(4-6-13)23-10-20-22-17(23)26-9-16(24)21-11-2-7-14(18)15(19)8-11/h2-8,10H,9H2,1H3,(H,21,24). The topological polar surface area (TPSA) is 69.0 Å². The molecule has 6 nitrogen and oxygen atoms in total. The second-order valence-electron chi connectivity index (χ2n) is 5.15. The van der Waals surface area contributed by atoms with Crippen molar-refractivity contribution in [3.63, 3.8) is 0 Å². The first-order valence-electron chi connectivity index (χ1n) is 7.49. The SMILES string of the molecule is COc1ccc(-n2cnnc2SCC(=O)Nc2ccc(F)c(F)c2)cc1. The zero-order valence-electron chi connectivity index (χ0n) is 13.6. The Labute approximate surface area is 152 Å². The van der Waals surface area contributed by atoms with E-state index in [4.69, 9.17) is 4.74 Å². The van der Waals surface area contributed by atoms with Crippen LogP contribution in [0, 0.1) is 11.6 Å². The number of carbonyl (C=O) groups excluding carboxylic acids is 1. The van der Waals surface area contributed by atoms with Crippen molar-refractivity contribution in [1.82, 2.24) is 14.8 Å². The number of nitrogens with zero attached hydrogens (tertiary/aromatic N) is 3. The molecule has 2 aromatic carbocycles. The van der Waals surface area contributed by atoms with Gasteiger partial charge in [-0.1, -0.05) is 11.8 Å². The summed E-state index contributed by atoms with van der Waals surface area (Å²) < 4.78 is 32.9. The van der Waals surface area contributed by atoms with Gasteiger partial charge in [-0.15, -0.1) is 10.2 Å². The second-order valence-corrected chi connectivity index (χ2v) is 6.09. The Morgan fingerprint density at radius 1 is 1.19 bits per heavy atom. The average molecular weight is 376 g/mol. The smallest absolute Gasteiger partial charge is 0.234 e. The Morgan fingerprint density at radius 2 is 1.96 bits per heavy atom. The van der Waals surface area contributed by atoms with Crippen LogP contribution in [-0.4, -0.2) is 33.5 Å². The van der Waals surface area contributed by atoms with E-state index >= 15 is 0 Å². The molecular weight excluding hydrogens is 362 g/mol. The molecule has 1 heterocycles. The number of aromatic nitrogens is 3. The number of rotatable bonds is 6. The molecule has 1 amide bonds. The predicted octanol–water partition coefficient (Wildman–Crippen LogP) is 3.28. The van der Waals surface area contributed by atoms with Gasteiger partial charge in [-0.3, -0.25) is 9.36 Å². The zero-order chi connectivity index (χ0) is 18.5. The lowest BCUT2D eigenvalue weighted by molar-refractivity contribution is -0.113. The number of halogens is 2. The van der Waals surface area contributed by atoms with E-state index in [1.165, 1.54) is 24.2 Å². The summed E-state index contributed by atoms with van der Waals surface area (Å²) in [6, 6.07) is 10.5. The number of amides is 1. The minimum absolute atomic E-state index is 0.0356. The number of methoxy groups -OCH3 is 1. The molecule has 0 spiro atoms. The molecule has 0 unspecified atom stereocenters. The number of carbonyl (C=O) groups is 1. The molecule has 3 rings (SSSR count). The molecule has 26 heavy (non-hydrogen) atoms. The van der Waals surface area contributed by atoms with Crippen molar-refractivity contribution >= 4 is 23.4 Å². The van der Waals surface area contributed by atoms with Crippen molar-refractivity contribution in [1.29, 1.82) is 0 Å². The van der Waals surface area contributed by atoms with Crippen molar-refractivity contribution in [2.75, 3.05) is 18.2 Å². The number of nitrogens with one attached hydrogen (secondary N) is 1. The minimum atomic E-state index is -1.02. The van der Waals surface area contributed by atoms with E-state index in [0.29, 0.717) is 5.16 Å². The minimum Gasteiger partial charge on any atom is -0.497 e. The van der Waals surface area contributed by atoms with Gasteiger partial charge in [0.15, 0.2) is 16.8 Å². The molecule has 9 heteroatoms. The van der Waals surface area contributed by atoms with Gasteiger partial charge >= 0.3 is 0 Å². The maximum atomic E-state index is 13.2. The van der Waals surface area contributed by atoms with Crippen LogP contribution in [0.1, 0.15) is 0 Å². The molecular formula is C17H14F2N4O2S. The van der Waals surface area contributed by atoms with Crippen molar-refractivity contribution in [3.8, 4) is 11.4 Å². The van der Waals surface area contributed by atoms with Crippen LogP contribution in [0.5, 0.6) is 5.75 Å². The maximum absolute atomic E-state index is 13.2. The highest BCUT2D eigenvalue weighted by Crippen LogP contribution is 2.22. The molecule has 0 aliphatic heterocycles. The van der Waals surface area contributed by atoms with Crippen LogP contribution in [0.4, 0.5) is 14.5 Å². The van der Waals surface area contributed by atoms with E-state index in [0.717, 1.165) is 23.6 Å². The van der Waals surface area contributed by atoms with E-state index in [1.54, 1.807) is 23.8 Å². The fraction of sp³-hybridized carbons (Fsp3) is 0.118. The number of hydrogen-bond donors (Lipinski definition) is 1. The first-order valence-corrected chi connectivity index (χ1v) is 8.47. The highest BCUT2D eigenvalue weighted by Gasteiger charge is 2.11. The van der Waals surface area contributed by atoms with Crippen molar-refractivity contribution in [2.45, 2.75) is 5.16 Å². The predicted molar refractivity (Wildman–Crippen MR) is 93.6 cm³/mol. The fourth-order valence-corrected chi connectivity index (χ4v) is 2.87. The zero-order valence-corrected chi connectivity index (χ0v) is 14.5. The number of anilines is 1. The Balaban J connectivity index is 1.63. The fourth-order valence-electron chi connectivity index (χ4n) is 2.14. The van der Waals surface area contributed by atoms with Crippen LogP contribution in [0.2, 0.25) is 0 Å². The molecule has 0 atom stereocenters. The molecule has 0 saturated carbocycles. The van der Waals surface area contributed by atoms with Gasteiger partial charge in [0, 0.05) is 17.4 Å². The van der Waals surface area contributed by atoms with E-state index < -0.39 is 11.6 Å². The summed E-state index contributed by atoms with van der Waals surface area (Å²) in [7, 11) is 1.58. The van der Waals surface area contributed by atoms with Gasteiger partial charge in [-0.25, -0.2) is 8.78 Å². The molecule has 0 bridgehead atoms. The quantitative estimate of drug-likeness (QED) is 0.669. The summed E-state index contributed by atoms with van der Waals surface area (Å²) in [4.78, 5) is 12.0. The van der Waals surface area contributed by atoms with E-state index in [9.17, 15) is 13.6 Å². The van der Waals surface area contributed by atoms with Gasteiger partial charge in [0.25, 0.3) is 0 Å². The summed E-state index contributed by atoms with van der Waals surface area (Å²) >= 11 is 1.17. The normalized spacial score (nSPS) is 10.6. The third-order valence-electron chi connectivity index (χ3n) is 3.40. The molecule has 0 fully saturated rings. The number of ether oxygens (including phenoxy) is 1. The Hall–Kier alpha value is -2.94. The lowest BCUT2D eigenvalue weighted by Gasteiger charge is -2.08. The van der Waals surface area contributed by atoms with Gasteiger partial charge < -0.3 is 10.1 Å². The van der Waals surface area contributed by atoms with Gasteiger partial charge in [0.1, 0.15) is 12.1 Å². The van der Waals surface area contributed by atoms with E-state index in [1.807, 2.05) is 12.1 Å². The number of thioether (sulfide) groups is 1. The van der Waals surface area contributed by atoms with Crippen LogP contribution >= 0.6 is 11.8 Å². The van der Waals surface area contributed by atoms with Crippen LogP contribution in [-0.2, 0) is 4.79 Å². The second kappa shape index (κ2) is 7.96. The maximum Gasteiger partial charge on any atom is 0.234 e. The third-order valence-corrected chi connectivity index (χ3v) is 4.35. The lowest BCUT2D eigenvalue weighted by Crippen LogP contribution is -2.14. The monoisotopic (exact) mass is 376 g/mol. The first-order chi connectivity index (χ1) is 12.6. The highest BCUT2D eigenvalue weighted by atomic mass is 32.2. The lowest BCUT2D eigenvalue weighted by atomic mass is 10.3. The van der Waals surface area contributed by atoms with Gasteiger partial charge in [-0.05, 0) is 36.4 Å². The molecule has 0 radical (unpaired) electrons. The molecule has 0 saturated heterocycles. The average Bonchev–Trinajstić information content (AvgIpc) is 3.12. The van der Waals surface area contributed by atoms with Crippen molar-refractivity contribution in [3.05, 3.63) is 60.4 Å². The largest absolute Gasteiger partial charge is 0.497 e. The van der Waals surface area contributed by atoms with Gasteiger partial charge in [0.05, 0.1) is 12.9 Å². The molecule has 0 aliphatic rings. The molecule has 1 N–H and O–H groups in total. The summed E-state index contributed by atoms with van der Waals surface area (Å²) in [5.41, 5.74) is 1.01. The van der Waals surface area contributed by atoms with E-state index in [-0.39, 0.29) is 17.3 Å². The summed E-state index contributed by atoms with van der Waals surface area (Å²) in [6.45, 7) is 0. The molecule has 1 aromatic heterocycles. The molecule has 3 aromatic rings. The molecule has 134 valence electrons. The Bertz CT molecular complexity index is 915. The number of hydrogen-bond acceptors (Lipinski definition) is 5. The van der Waals surface area contributed by atoms with Crippen LogP contribution in [0.25, 0.3) is 5.69 Å². The Morgan fingerprint density at radius 3 is 2.65 bits per heavy atom. The third kappa shape index (κ3) is 4.17. The summed E-state index contributed by atoms with van der Waals surface area (Å²) in [5, 5.41) is 10.9. The highest BCUT2D eigenvalue weighted by molar-refractivity contribution is 7.99. The van der Waals surface area contributed by atoms with E-state index in [2.05, 4.69) is 15.5 Å². The summed E-state index contributed by atoms with van der Waals surface area (Å²) in [5.74, 6) is -1.60.